The first-order valence-corrected chi connectivity index (χ1v) is 8.62. The lowest BCUT2D eigenvalue weighted by Gasteiger charge is -2.19. The van der Waals surface area contributed by atoms with E-state index in [2.05, 4.69) is 9.55 Å². The first-order chi connectivity index (χ1) is 11.7. The number of rotatable bonds is 3. The first kappa shape index (κ1) is 14.9. The average molecular weight is 335 g/mol. The molecular formula is C19H17N3OS. The maximum absolute atomic E-state index is 13.1. The Morgan fingerprint density at radius 1 is 1.25 bits per heavy atom. The monoisotopic (exact) mass is 335 g/mol. The van der Waals surface area contributed by atoms with Crippen LogP contribution in [-0.2, 0) is 18.4 Å². The number of carbonyl (C=O) groups is 1. The van der Waals surface area contributed by atoms with Crippen LogP contribution in [0.4, 0.5) is 0 Å². The van der Waals surface area contributed by atoms with Crippen molar-refractivity contribution >= 4 is 33.4 Å². The van der Waals surface area contributed by atoms with Crippen molar-refractivity contribution < 1.29 is 14.7 Å². The summed E-state index contributed by atoms with van der Waals surface area (Å²) in [4.78, 5) is 17.3. The molecule has 0 bridgehead atoms. The Balaban J connectivity index is 1.67. The van der Waals surface area contributed by atoms with Crippen molar-refractivity contribution in [3.05, 3.63) is 77.0 Å². The fourth-order valence-corrected chi connectivity index (χ4v) is 3.95. The van der Waals surface area contributed by atoms with Gasteiger partial charge >= 0.3 is 0 Å². The summed E-state index contributed by atoms with van der Waals surface area (Å²) in [5, 5.41) is 5.97. The van der Waals surface area contributed by atoms with Gasteiger partial charge in [-0.3, -0.25) is 0 Å². The van der Waals surface area contributed by atoms with Crippen LogP contribution >= 0.6 is 0 Å². The van der Waals surface area contributed by atoms with Crippen molar-refractivity contribution in [1.29, 1.82) is 0 Å². The minimum absolute atomic E-state index is 0.0793. The molecule has 3 heterocycles. The number of para-hydroxylation sites is 1. The lowest BCUT2D eigenvalue weighted by Crippen LogP contribution is -2.86. The van der Waals surface area contributed by atoms with Crippen molar-refractivity contribution in [2.24, 2.45) is 7.05 Å². The van der Waals surface area contributed by atoms with Crippen LogP contribution in [0.25, 0.3) is 10.9 Å². The molecule has 0 atom stereocenters. The van der Waals surface area contributed by atoms with E-state index in [0.29, 0.717) is 0 Å². The lowest BCUT2D eigenvalue weighted by molar-refractivity contribution is -0.649. The molecule has 2 aromatic heterocycles. The van der Waals surface area contributed by atoms with Crippen molar-refractivity contribution in [3.63, 3.8) is 0 Å². The number of benzene rings is 1. The number of hydrogen-bond acceptors (Lipinski definition) is 2. The van der Waals surface area contributed by atoms with E-state index in [9.17, 15) is 4.79 Å². The van der Waals surface area contributed by atoms with Crippen LogP contribution < -0.4 is 9.88 Å². The summed E-state index contributed by atoms with van der Waals surface area (Å²) in [7, 11) is 2.00. The Kier molecular flexibility index (Phi) is 3.59. The second-order valence-corrected chi connectivity index (χ2v) is 6.72. The number of aryl methyl sites for hydroxylation is 1. The molecule has 0 aliphatic carbocycles. The SMILES string of the molecule is C[c-]1c(C(=O)[C-]2C=[S+][C-](c3cccnc3)[NH2+]2)c2ccccc2[n+]1C. The van der Waals surface area contributed by atoms with Crippen molar-refractivity contribution in [3.8, 4) is 0 Å². The van der Waals surface area contributed by atoms with Crippen molar-refractivity contribution in [1.82, 2.24) is 4.98 Å². The van der Waals surface area contributed by atoms with Gasteiger partial charge in [0.25, 0.3) is 5.37 Å². The van der Waals surface area contributed by atoms with Gasteiger partial charge in [0.15, 0.2) is 16.7 Å². The molecule has 1 aliphatic heterocycles. The zero-order valence-electron chi connectivity index (χ0n) is 13.5. The van der Waals surface area contributed by atoms with Gasteiger partial charge in [0.1, 0.15) is 7.05 Å². The van der Waals surface area contributed by atoms with Crippen LogP contribution in [0.2, 0.25) is 0 Å². The number of pyridine rings is 1. The summed E-state index contributed by atoms with van der Waals surface area (Å²) >= 11 is 1.58. The van der Waals surface area contributed by atoms with Crippen molar-refractivity contribution in [2.75, 3.05) is 0 Å². The normalized spacial score (nSPS) is 13.9. The zero-order valence-corrected chi connectivity index (χ0v) is 14.3. The highest BCUT2D eigenvalue weighted by atomic mass is 32.1. The van der Waals surface area contributed by atoms with E-state index in [0.717, 1.165) is 39.1 Å². The molecule has 120 valence electrons. The van der Waals surface area contributed by atoms with Gasteiger partial charge in [-0.1, -0.05) is 24.4 Å². The molecule has 2 N–H and O–H groups in total. The van der Waals surface area contributed by atoms with Crippen LogP contribution in [0.5, 0.6) is 0 Å². The number of Topliss-reactive ketones (excluding diaryl/α,β-unsaturated/α-hetero) is 1. The Morgan fingerprint density at radius 2 is 2.08 bits per heavy atom. The number of carbonyl (C=O) groups excluding carboxylic acids is 1. The fourth-order valence-electron chi connectivity index (χ4n) is 3.07. The van der Waals surface area contributed by atoms with Crippen LogP contribution in [0.15, 0.2) is 48.8 Å². The number of fused-ring (bicyclic) bond motifs is 1. The predicted octanol–water partition coefficient (Wildman–Crippen LogP) is 0.801. The van der Waals surface area contributed by atoms with Gasteiger partial charge < -0.3 is 19.7 Å². The standard InChI is InChI=1S/C19H17N3OS/c1-12-17(14-7-3-4-8-16(14)22(12)2)18(23)15-11-24-19(21-15)13-6-5-9-20-10-13/h3-11H,21H2,1-2H3. The predicted molar refractivity (Wildman–Crippen MR) is 95.0 cm³/mol. The van der Waals surface area contributed by atoms with Gasteiger partial charge in [0, 0.05) is 17.5 Å². The van der Waals surface area contributed by atoms with Gasteiger partial charge in [-0.05, 0) is 24.8 Å². The van der Waals surface area contributed by atoms with Crippen LogP contribution in [0.1, 0.15) is 21.6 Å². The molecule has 4 nitrogen and oxygen atoms in total. The maximum Gasteiger partial charge on any atom is 0.277 e. The topological polar surface area (TPSA) is 50.5 Å². The average Bonchev–Trinajstić information content (AvgIpc) is 3.20. The molecule has 1 aliphatic rings. The second-order valence-electron chi connectivity index (χ2n) is 5.81. The molecule has 1 aromatic carbocycles. The van der Waals surface area contributed by atoms with E-state index < -0.39 is 0 Å². The highest BCUT2D eigenvalue weighted by Gasteiger charge is 2.30. The highest BCUT2D eigenvalue weighted by Crippen LogP contribution is 2.23. The molecule has 0 unspecified atom stereocenters. The lowest BCUT2D eigenvalue weighted by atomic mass is 10.0. The van der Waals surface area contributed by atoms with Crippen LogP contribution in [0, 0.1) is 18.3 Å². The van der Waals surface area contributed by atoms with Crippen LogP contribution in [0.3, 0.4) is 0 Å². The smallest absolute Gasteiger partial charge is 0.277 e. The fraction of sp³-hybridized carbons (Fsp3) is 0.105. The third-order valence-corrected chi connectivity index (χ3v) is 5.41. The minimum Gasteiger partial charge on any atom is -0.382 e. The molecule has 5 heteroatoms. The number of nitrogens with zero attached hydrogens (tertiary/aromatic N) is 2. The van der Waals surface area contributed by atoms with Crippen molar-refractivity contribution in [2.45, 2.75) is 6.92 Å². The van der Waals surface area contributed by atoms with Gasteiger partial charge in [0.2, 0.25) is 0 Å². The summed E-state index contributed by atoms with van der Waals surface area (Å²) in [6, 6.07) is 12.7. The van der Waals surface area contributed by atoms with E-state index in [1.54, 1.807) is 17.5 Å². The molecule has 24 heavy (non-hydrogen) atoms. The molecule has 0 radical (unpaired) electrons. The van der Waals surface area contributed by atoms with E-state index >= 15 is 0 Å². The van der Waals surface area contributed by atoms with Gasteiger partial charge in [-0.2, -0.15) is 5.56 Å². The molecule has 0 fully saturated rings. The third-order valence-electron chi connectivity index (χ3n) is 4.43. The summed E-state index contributed by atoms with van der Waals surface area (Å²) in [5.41, 5.74) is 3.91. The largest absolute Gasteiger partial charge is 0.382 e. The Bertz CT molecular complexity index is 946. The summed E-state index contributed by atoms with van der Waals surface area (Å²) in [5.74, 6) is 0.0793. The first-order valence-electron chi connectivity index (χ1n) is 7.74. The highest BCUT2D eigenvalue weighted by molar-refractivity contribution is 7.81. The Labute approximate surface area is 144 Å². The summed E-state index contributed by atoms with van der Waals surface area (Å²) < 4.78 is 2.08. The van der Waals surface area contributed by atoms with Gasteiger partial charge in [-0.15, -0.1) is 17.5 Å². The molecule has 3 aromatic rings. The second kappa shape index (κ2) is 5.78. The molecule has 4 rings (SSSR count). The number of nitrogens with two attached hydrogens (primary N) is 1. The summed E-state index contributed by atoms with van der Waals surface area (Å²) in [6.07, 6.45) is 3.58. The van der Waals surface area contributed by atoms with E-state index in [4.69, 9.17) is 0 Å². The van der Waals surface area contributed by atoms with Gasteiger partial charge in [0.05, 0.1) is 5.52 Å². The number of quaternary nitrogens is 1. The zero-order chi connectivity index (χ0) is 16.7. The molecule has 0 saturated carbocycles. The van der Waals surface area contributed by atoms with E-state index in [1.807, 2.05) is 67.3 Å². The molecular weight excluding hydrogens is 318 g/mol. The molecule has 0 spiro atoms. The van der Waals surface area contributed by atoms with E-state index in [-0.39, 0.29) is 5.78 Å². The molecule has 0 amide bonds. The third kappa shape index (κ3) is 2.29. The minimum atomic E-state index is 0.0793. The van der Waals surface area contributed by atoms with Gasteiger partial charge in [-0.25, -0.2) is 0 Å². The Morgan fingerprint density at radius 3 is 2.88 bits per heavy atom. The number of ketones is 1. The maximum atomic E-state index is 13.1. The summed E-state index contributed by atoms with van der Waals surface area (Å²) in [6.45, 7) is 2.00. The Hall–Kier alpha value is -2.63. The molecule has 0 saturated heterocycles. The quantitative estimate of drug-likeness (QED) is 0.253. The number of hydrogen-bond donors (Lipinski definition) is 1. The van der Waals surface area contributed by atoms with E-state index in [1.165, 1.54) is 0 Å². The number of aromatic nitrogens is 2. The van der Waals surface area contributed by atoms with Crippen LogP contribution in [-0.4, -0.2) is 16.1 Å².